The summed E-state index contributed by atoms with van der Waals surface area (Å²) in [5.41, 5.74) is 4.55. The molecule has 1 aliphatic heterocycles. The molecule has 0 saturated heterocycles. The lowest BCUT2D eigenvalue weighted by molar-refractivity contribution is 0.1000. The van der Waals surface area contributed by atoms with E-state index >= 15 is 0 Å². The second-order valence-corrected chi connectivity index (χ2v) is 6.32. The number of hydrogen-bond acceptors (Lipinski definition) is 4. The zero-order valence-corrected chi connectivity index (χ0v) is 15.4. The molecule has 1 heterocycles. The van der Waals surface area contributed by atoms with Crippen LogP contribution >= 0.6 is 0 Å². The van der Waals surface area contributed by atoms with E-state index in [0.29, 0.717) is 22.7 Å². The van der Waals surface area contributed by atoms with Crippen molar-refractivity contribution in [3.05, 3.63) is 71.8 Å². The Kier molecular flexibility index (Phi) is 4.20. The summed E-state index contributed by atoms with van der Waals surface area (Å²) in [6, 6.07) is 19.0. The van der Waals surface area contributed by atoms with E-state index in [1.165, 1.54) is 0 Å². The van der Waals surface area contributed by atoms with E-state index in [1.807, 2.05) is 61.5 Å². The molecular formula is C22H20N2O3. The smallest absolute Gasteiger partial charge is 0.265 e. The lowest BCUT2D eigenvalue weighted by atomic mass is 10.1. The van der Waals surface area contributed by atoms with Crippen molar-refractivity contribution in [2.24, 2.45) is 0 Å². The van der Waals surface area contributed by atoms with E-state index in [9.17, 15) is 4.79 Å². The Morgan fingerprint density at radius 2 is 1.63 bits per heavy atom. The highest BCUT2D eigenvalue weighted by atomic mass is 16.5. The normalized spacial score (nSPS) is 12.6. The number of methoxy groups -OCH3 is 2. The van der Waals surface area contributed by atoms with Gasteiger partial charge in [0, 0.05) is 12.1 Å². The van der Waals surface area contributed by atoms with Crippen molar-refractivity contribution < 1.29 is 14.3 Å². The Morgan fingerprint density at radius 1 is 0.889 bits per heavy atom. The van der Waals surface area contributed by atoms with Crippen molar-refractivity contribution in [1.82, 2.24) is 0 Å². The minimum absolute atomic E-state index is 0.116. The lowest BCUT2D eigenvalue weighted by Crippen LogP contribution is -2.26. The number of aryl methyl sites for hydroxylation is 1. The summed E-state index contributed by atoms with van der Waals surface area (Å²) in [6.07, 6.45) is 0. The van der Waals surface area contributed by atoms with E-state index in [1.54, 1.807) is 25.2 Å². The second kappa shape index (κ2) is 6.68. The molecule has 27 heavy (non-hydrogen) atoms. The van der Waals surface area contributed by atoms with Crippen LogP contribution in [0.1, 0.15) is 15.9 Å². The molecule has 0 radical (unpaired) electrons. The number of amides is 1. The highest BCUT2D eigenvalue weighted by Gasteiger charge is 2.31. The van der Waals surface area contributed by atoms with Crippen molar-refractivity contribution >= 4 is 28.7 Å². The fraction of sp³-hybridized carbons (Fsp3) is 0.136. The zero-order valence-electron chi connectivity index (χ0n) is 15.4. The first-order chi connectivity index (χ1) is 13.1. The molecule has 0 saturated carbocycles. The molecule has 1 N–H and O–H groups in total. The van der Waals surface area contributed by atoms with Gasteiger partial charge in [0.05, 0.1) is 36.8 Å². The van der Waals surface area contributed by atoms with Crippen molar-refractivity contribution in [1.29, 1.82) is 0 Å². The summed E-state index contributed by atoms with van der Waals surface area (Å²) >= 11 is 0. The molecule has 0 aliphatic carbocycles. The maximum absolute atomic E-state index is 13.6. The molecule has 3 aromatic rings. The number of nitrogens with one attached hydrogen (secondary N) is 1. The van der Waals surface area contributed by atoms with Gasteiger partial charge in [-0.3, -0.25) is 9.69 Å². The van der Waals surface area contributed by atoms with Crippen molar-refractivity contribution in [2.45, 2.75) is 6.92 Å². The van der Waals surface area contributed by atoms with Gasteiger partial charge in [0.2, 0.25) is 0 Å². The largest absolute Gasteiger partial charge is 0.497 e. The SMILES string of the molecule is COc1cc2c(c(OC)c1)N(c1ccccc1C)C(=O)c1ccccc1N2. The number of benzene rings is 3. The Hall–Kier alpha value is -3.47. The van der Waals surface area contributed by atoms with E-state index < -0.39 is 0 Å². The van der Waals surface area contributed by atoms with Crippen LogP contribution in [0.4, 0.5) is 22.7 Å². The van der Waals surface area contributed by atoms with Gasteiger partial charge in [-0.1, -0.05) is 30.3 Å². The van der Waals surface area contributed by atoms with Crippen LogP contribution in [0.25, 0.3) is 0 Å². The summed E-state index contributed by atoms with van der Waals surface area (Å²) in [4.78, 5) is 15.3. The van der Waals surface area contributed by atoms with Gasteiger partial charge in [-0.15, -0.1) is 0 Å². The van der Waals surface area contributed by atoms with Crippen LogP contribution in [0.15, 0.2) is 60.7 Å². The Morgan fingerprint density at radius 3 is 2.37 bits per heavy atom. The van der Waals surface area contributed by atoms with Crippen LogP contribution in [0.5, 0.6) is 11.5 Å². The van der Waals surface area contributed by atoms with Crippen LogP contribution < -0.4 is 19.7 Å². The summed E-state index contributed by atoms with van der Waals surface area (Å²) in [7, 11) is 3.20. The summed E-state index contributed by atoms with van der Waals surface area (Å²) in [5.74, 6) is 1.09. The van der Waals surface area contributed by atoms with Crippen molar-refractivity contribution in [2.75, 3.05) is 24.4 Å². The number of anilines is 4. The molecule has 0 spiro atoms. The molecule has 1 amide bonds. The minimum atomic E-state index is -0.116. The molecule has 4 rings (SSSR count). The average Bonchev–Trinajstić information content (AvgIpc) is 2.82. The second-order valence-electron chi connectivity index (χ2n) is 6.32. The third-order valence-corrected chi connectivity index (χ3v) is 4.71. The quantitative estimate of drug-likeness (QED) is 0.710. The Labute approximate surface area is 158 Å². The lowest BCUT2D eigenvalue weighted by Gasteiger charge is -2.26. The molecule has 0 bridgehead atoms. The number of hydrogen-bond donors (Lipinski definition) is 1. The van der Waals surface area contributed by atoms with E-state index in [0.717, 1.165) is 22.6 Å². The molecule has 0 aromatic heterocycles. The molecule has 0 fully saturated rings. The highest BCUT2D eigenvalue weighted by Crippen LogP contribution is 2.47. The third-order valence-electron chi connectivity index (χ3n) is 4.71. The first-order valence-electron chi connectivity index (χ1n) is 8.66. The van der Waals surface area contributed by atoms with Gasteiger partial charge in [0.15, 0.2) is 0 Å². The highest BCUT2D eigenvalue weighted by molar-refractivity contribution is 6.18. The maximum atomic E-state index is 13.6. The molecule has 5 nitrogen and oxygen atoms in total. The number of rotatable bonds is 3. The Bertz CT molecular complexity index is 1030. The molecule has 0 atom stereocenters. The number of carbonyl (C=O) groups is 1. The van der Waals surface area contributed by atoms with Gasteiger partial charge in [-0.2, -0.15) is 0 Å². The first-order valence-corrected chi connectivity index (χ1v) is 8.66. The number of nitrogens with zero attached hydrogens (tertiary/aromatic N) is 1. The summed E-state index contributed by atoms with van der Waals surface area (Å²) in [6.45, 7) is 1.99. The maximum Gasteiger partial charge on any atom is 0.265 e. The number of carbonyl (C=O) groups excluding carboxylic acids is 1. The molecule has 1 aliphatic rings. The van der Waals surface area contributed by atoms with Gasteiger partial charge in [-0.05, 0) is 30.7 Å². The molecule has 5 heteroatoms. The molecule has 136 valence electrons. The van der Waals surface area contributed by atoms with Crippen LogP contribution in [0.2, 0.25) is 0 Å². The van der Waals surface area contributed by atoms with Gasteiger partial charge >= 0.3 is 0 Å². The predicted octanol–water partition coefficient (Wildman–Crippen LogP) is 5.05. The fourth-order valence-corrected chi connectivity index (χ4v) is 3.37. The van der Waals surface area contributed by atoms with Gasteiger partial charge in [-0.25, -0.2) is 0 Å². The van der Waals surface area contributed by atoms with Crippen molar-refractivity contribution in [3.8, 4) is 11.5 Å². The first kappa shape index (κ1) is 17.0. The molecule has 3 aromatic carbocycles. The standard InChI is InChI=1S/C22H20N2O3/c1-14-8-4-7-11-19(14)24-21-18(12-15(26-2)13-20(21)27-3)23-17-10-6-5-9-16(17)22(24)25/h4-13,23H,1-3H3. The summed E-state index contributed by atoms with van der Waals surface area (Å²) in [5, 5.41) is 3.38. The fourth-order valence-electron chi connectivity index (χ4n) is 3.37. The van der Waals surface area contributed by atoms with E-state index in [4.69, 9.17) is 9.47 Å². The van der Waals surface area contributed by atoms with E-state index in [2.05, 4.69) is 5.32 Å². The van der Waals surface area contributed by atoms with Crippen LogP contribution in [-0.4, -0.2) is 20.1 Å². The van der Waals surface area contributed by atoms with Gasteiger partial charge in [0.25, 0.3) is 5.91 Å². The molecular weight excluding hydrogens is 340 g/mol. The third kappa shape index (κ3) is 2.77. The van der Waals surface area contributed by atoms with Gasteiger partial charge in [0.1, 0.15) is 17.2 Å². The number of ether oxygens (including phenoxy) is 2. The van der Waals surface area contributed by atoms with Gasteiger partial charge < -0.3 is 14.8 Å². The minimum Gasteiger partial charge on any atom is -0.497 e. The van der Waals surface area contributed by atoms with Crippen LogP contribution in [-0.2, 0) is 0 Å². The monoisotopic (exact) mass is 360 g/mol. The predicted molar refractivity (Wildman–Crippen MR) is 107 cm³/mol. The van der Waals surface area contributed by atoms with Crippen molar-refractivity contribution in [3.63, 3.8) is 0 Å². The summed E-state index contributed by atoms with van der Waals surface area (Å²) < 4.78 is 11.1. The number of para-hydroxylation sites is 2. The Balaban J connectivity index is 2.06. The zero-order chi connectivity index (χ0) is 19.0. The topological polar surface area (TPSA) is 50.8 Å². The van der Waals surface area contributed by atoms with E-state index in [-0.39, 0.29) is 5.91 Å². The average molecular weight is 360 g/mol. The van der Waals surface area contributed by atoms with Crippen LogP contribution in [0.3, 0.4) is 0 Å². The molecule has 0 unspecified atom stereocenters. The number of fused-ring (bicyclic) bond motifs is 2. The van der Waals surface area contributed by atoms with Crippen LogP contribution in [0, 0.1) is 6.92 Å².